The third-order valence-corrected chi connectivity index (χ3v) is 3.11. The van der Waals surface area contributed by atoms with Crippen molar-refractivity contribution in [3.05, 3.63) is 0 Å². The Morgan fingerprint density at radius 2 is 2.06 bits per heavy atom. The van der Waals surface area contributed by atoms with Gasteiger partial charge in [-0.05, 0) is 19.3 Å². The lowest BCUT2D eigenvalue weighted by molar-refractivity contribution is -0.139. The van der Waals surface area contributed by atoms with E-state index < -0.39 is 18.0 Å². The number of nitrogens with zero attached hydrogens (tertiary/aromatic N) is 1. The number of hydrogen-bond donors (Lipinski definition) is 4. The smallest absolute Gasteiger partial charge is 0.326 e. The van der Waals surface area contributed by atoms with Crippen LogP contribution in [-0.4, -0.2) is 64.1 Å². The summed E-state index contributed by atoms with van der Waals surface area (Å²) in [5, 5.41) is 29.2. The van der Waals surface area contributed by atoms with Gasteiger partial charge in [0.2, 0.25) is 0 Å². The summed E-state index contributed by atoms with van der Waals surface area (Å²) in [7, 11) is 0. The molecule has 1 saturated heterocycles. The standard InChI is InChI=1S/C11H20N2O5/c14-6-4-9(10(16)17)12-11(18)13-5-2-1-3-8(13)7-15/h8-9,14-15H,1-7H2,(H,12,18)(H,16,17)/t8?,9-/m0/s1. The maximum Gasteiger partial charge on any atom is 0.326 e. The second kappa shape index (κ2) is 7.17. The predicted molar refractivity (Wildman–Crippen MR) is 63.1 cm³/mol. The Morgan fingerprint density at radius 3 is 2.61 bits per heavy atom. The zero-order chi connectivity index (χ0) is 13.5. The number of urea groups is 1. The van der Waals surface area contributed by atoms with Crippen LogP contribution in [0.2, 0.25) is 0 Å². The molecule has 2 atom stereocenters. The Bertz CT molecular complexity index is 297. The van der Waals surface area contributed by atoms with Crippen LogP contribution < -0.4 is 5.32 Å². The largest absolute Gasteiger partial charge is 0.480 e. The molecule has 7 nitrogen and oxygen atoms in total. The van der Waals surface area contributed by atoms with Crippen molar-refractivity contribution in [1.29, 1.82) is 0 Å². The second-order valence-corrected chi connectivity index (χ2v) is 4.38. The van der Waals surface area contributed by atoms with E-state index in [0.717, 1.165) is 19.3 Å². The van der Waals surface area contributed by atoms with Gasteiger partial charge in [-0.15, -0.1) is 0 Å². The average Bonchev–Trinajstić information content (AvgIpc) is 2.37. The van der Waals surface area contributed by atoms with Crippen molar-refractivity contribution in [1.82, 2.24) is 10.2 Å². The zero-order valence-corrected chi connectivity index (χ0v) is 10.2. The van der Waals surface area contributed by atoms with Gasteiger partial charge in [-0.1, -0.05) is 0 Å². The highest BCUT2D eigenvalue weighted by atomic mass is 16.4. The first-order chi connectivity index (χ1) is 8.60. The van der Waals surface area contributed by atoms with Crippen molar-refractivity contribution in [3.63, 3.8) is 0 Å². The lowest BCUT2D eigenvalue weighted by Gasteiger charge is -2.35. The molecule has 18 heavy (non-hydrogen) atoms. The number of carbonyl (C=O) groups excluding carboxylic acids is 1. The summed E-state index contributed by atoms with van der Waals surface area (Å²) in [6.45, 7) is 0.0916. The van der Waals surface area contributed by atoms with Crippen LogP contribution in [0, 0.1) is 0 Å². The molecule has 1 aliphatic rings. The third-order valence-electron chi connectivity index (χ3n) is 3.11. The van der Waals surface area contributed by atoms with Crippen molar-refractivity contribution in [2.24, 2.45) is 0 Å². The van der Waals surface area contributed by atoms with E-state index in [4.69, 9.17) is 10.2 Å². The van der Waals surface area contributed by atoms with Gasteiger partial charge >= 0.3 is 12.0 Å². The Hall–Kier alpha value is -1.34. The maximum absolute atomic E-state index is 11.9. The number of aliphatic hydroxyl groups is 2. The summed E-state index contributed by atoms with van der Waals surface area (Å²) in [5.41, 5.74) is 0. The Labute approximate surface area is 105 Å². The topological polar surface area (TPSA) is 110 Å². The summed E-state index contributed by atoms with van der Waals surface area (Å²) >= 11 is 0. The van der Waals surface area contributed by atoms with Gasteiger partial charge in [0.05, 0.1) is 12.6 Å². The number of amides is 2. The minimum atomic E-state index is -1.17. The first-order valence-electron chi connectivity index (χ1n) is 6.11. The molecule has 1 fully saturated rings. The van der Waals surface area contributed by atoms with E-state index in [1.165, 1.54) is 4.90 Å². The molecule has 0 bridgehead atoms. The van der Waals surface area contributed by atoms with E-state index in [2.05, 4.69) is 5.32 Å². The predicted octanol–water partition coefficient (Wildman–Crippen LogP) is -0.622. The van der Waals surface area contributed by atoms with Crippen LogP contribution in [0.1, 0.15) is 25.7 Å². The highest BCUT2D eigenvalue weighted by Gasteiger charge is 2.29. The number of carbonyl (C=O) groups is 2. The molecule has 7 heteroatoms. The highest BCUT2D eigenvalue weighted by molar-refractivity contribution is 5.82. The lowest BCUT2D eigenvalue weighted by Crippen LogP contribution is -2.54. The normalized spacial score (nSPS) is 21.4. The van der Waals surface area contributed by atoms with E-state index in [0.29, 0.717) is 6.54 Å². The van der Waals surface area contributed by atoms with Gasteiger partial charge in [-0.25, -0.2) is 9.59 Å². The van der Waals surface area contributed by atoms with Crippen LogP contribution in [0.4, 0.5) is 4.79 Å². The molecule has 0 radical (unpaired) electrons. The van der Waals surface area contributed by atoms with E-state index in [1.54, 1.807) is 0 Å². The fraction of sp³-hybridized carbons (Fsp3) is 0.818. The van der Waals surface area contributed by atoms with Crippen LogP contribution in [0.25, 0.3) is 0 Å². The molecule has 0 aromatic heterocycles. The van der Waals surface area contributed by atoms with E-state index in [1.807, 2.05) is 0 Å². The van der Waals surface area contributed by atoms with Crippen LogP contribution in [0.5, 0.6) is 0 Å². The van der Waals surface area contributed by atoms with Crippen molar-refractivity contribution in [2.45, 2.75) is 37.8 Å². The van der Waals surface area contributed by atoms with Gasteiger partial charge in [0.1, 0.15) is 6.04 Å². The maximum atomic E-state index is 11.9. The van der Waals surface area contributed by atoms with E-state index >= 15 is 0 Å². The van der Waals surface area contributed by atoms with E-state index in [9.17, 15) is 14.7 Å². The van der Waals surface area contributed by atoms with Crippen LogP contribution in [0.3, 0.4) is 0 Å². The van der Waals surface area contributed by atoms with Gasteiger partial charge in [-0.2, -0.15) is 0 Å². The lowest BCUT2D eigenvalue weighted by atomic mass is 10.0. The molecule has 1 heterocycles. The number of piperidine rings is 1. The van der Waals surface area contributed by atoms with Gasteiger partial charge in [0.15, 0.2) is 0 Å². The summed E-state index contributed by atoms with van der Waals surface area (Å²) in [4.78, 5) is 24.2. The number of carboxylic acid groups (broad SMARTS) is 1. The molecule has 104 valence electrons. The quantitative estimate of drug-likeness (QED) is 0.526. The number of rotatable bonds is 5. The molecule has 0 spiro atoms. The number of aliphatic carboxylic acids is 1. The second-order valence-electron chi connectivity index (χ2n) is 4.38. The Morgan fingerprint density at radius 1 is 1.33 bits per heavy atom. The molecule has 1 unspecified atom stereocenters. The number of hydrogen-bond acceptors (Lipinski definition) is 4. The van der Waals surface area contributed by atoms with Gasteiger partial charge in [0, 0.05) is 19.6 Å². The number of carboxylic acids is 1. The fourth-order valence-corrected chi connectivity index (χ4v) is 2.08. The SMILES string of the molecule is O=C(O)[C@H](CCO)NC(=O)N1CCCCC1CO. The minimum Gasteiger partial charge on any atom is -0.480 e. The molecule has 4 N–H and O–H groups in total. The van der Waals surface area contributed by atoms with Crippen molar-refractivity contribution in [2.75, 3.05) is 19.8 Å². The van der Waals surface area contributed by atoms with Crippen LogP contribution in [-0.2, 0) is 4.79 Å². The minimum absolute atomic E-state index is 0.0291. The van der Waals surface area contributed by atoms with E-state index in [-0.39, 0.29) is 25.7 Å². The molecule has 2 amide bonds. The summed E-state index contributed by atoms with van der Waals surface area (Å²) in [6.07, 6.45) is 2.50. The molecule has 1 aliphatic heterocycles. The van der Waals surface area contributed by atoms with Crippen molar-refractivity contribution < 1.29 is 24.9 Å². The van der Waals surface area contributed by atoms with Crippen molar-refractivity contribution in [3.8, 4) is 0 Å². The number of aliphatic hydroxyl groups excluding tert-OH is 2. The first kappa shape index (κ1) is 14.7. The van der Waals surface area contributed by atoms with Gasteiger partial charge in [-0.3, -0.25) is 0 Å². The van der Waals surface area contributed by atoms with Gasteiger partial charge < -0.3 is 25.5 Å². The van der Waals surface area contributed by atoms with Gasteiger partial charge in [0.25, 0.3) is 0 Å². The Kier molecular flexibility index (Phi) is 5.87. The molecular formula is C11H20N2O5. The molecule has 0 saturated carbocycles. The fourth-order valence-electron chi connectivity index (χ4n) is 2.08. The molecule has 0 aromatic rings. The zero-order valence-electron chi connectivity index (χ0n) is 10.2. The summed E-state index contributed by atoms with van der Waals surface area (Å²) in [6, 6.07) is -1.83. The summed E-state index contributed by atoms with van der Waals surface area (Å²) < 4.78 is 0. The van der Waals surface area contributed by atoms with Crippen LogP contribution >= 0.6 is 0 Å². The number of likely N-dealkylation sites (tertiary alicyclic amines) is 1. The van der Waals surface area contributed by atoms with Crippen LogP contribution in [0.15, 0.2) is 0 Å². The molecule has 0 aliphatic carbocycles. The van der Waals surface area contributed by atoms with Crippen molar-refractivity contribution >= 4 is 12.0 Å². The first-order valence-corrected chi connectivity index (χ1v) is 6.11. The third kappa shape index (κ3) is 3.85. The summed E-state index contributed by atoms with van der Waals surface area (Å²) in [5.74, 6) is -1.17. The molecule has 0 aromatic carbocycles. The number of nitrogens with one attached hydrogen (secondary N) is 1. The molecular weight excluding hydrogens is 240 g/mol. The highest BCUT2D eigenvalue weighted by Crippen LogP contribution is 2.16. The molecule has 1 rings (SSSR count). The Balaban J connectivity index is 2.58. The monoisotopic (exact) mass is 260 g/mol. The average molecular weight is 260 g/mol.